The number of carbonyl (C=O) groups excluding carboxylic acids is 1. The number of rotatable bonds is 6. The SMILES string of the molecule is Cc1cc(C)cc(CNC(=O)c2cc3c(C)cccc3n2Cc2cccc(C(N)=[NH2+])c2)c1. The summed E-state index contributed by atoms with van der Waals surface area (Å²) in [4.78, 5) is 13.3. The van der Waals surface area contributed by atoms with Crippen molar-refractivity contribution in [1.29, 1.82) is 0 Å². The molecule has 0 aliphatic heterocycles. The van der Waals surface area contributed by atoms with Gasteiger partial charge in [0.1, 0.15) is 5.69 Å². The van der Waals surface area contributed by atoms with Gasteiger partial charge in [-0.2, -0.15) is 0 Å². The predicted octanol–water partition coefficient (Wildman–Crippen LogP) is 3.01. The highest BCUT2D eigenvalue weighted by molar-refractivity contribution is 5.99. The van der Waals surface area contributed by atoms with Crippen LogP contribution in [-0.4, -0.2) is 16.3 Å². The molecule has 0 saturated carbocycles. The van der Waals surface area contributed by atoms with Crippen LogP contribution in [-0.2, 0) is 13.1 Å². The second kappa shape index (κ2) is 8.71. The summed E-state index contributed by atoms with van der Waals surface area (Å²) in [6, 6.07) is 22.3. The quantitative estimate of drug-likeness (QED) is 0.328. The molecule has 0 fully saturated rings. The molecule has 0 saturated heterocycles. The van der Waals surface area contributed by atoms with E-state index in [0.717, 1.165) is 33.2 Å². The summed E-state index contributed by atoms with van der Waals surface area (Å²) in [5.74, 6) is 0.187. The van der Waals surface area contributed by atoms with Crippen molar-refractivity contribution >= 4 is 22.6 Å². The Hall–Kier alpha value is -3.86. The number of aromatic nitrogens is 1. The lowest BCUT2D eigenvalue weighted by molar-refractivity contribution is -0.114. The number of benzene rings is 3. The van der Waals surface area contributed by atoms with Gasteiger partial charge in [0.05, 0.1) is 5.56 Å². The smallest absolute Gasteiger partial charge is 0.270 e. The summed E-state index contributed by atoms with van der Waals surface area (Å²) in [7, 11) is 0. The first kappa shape index (κ1) is 21.4. The Morgan fingerprint density at radius 2 is 1.66 bits per heavy atom. The van der Waals surface area contributed by atoms with E-state index in [-0.39, 0.29) is 11.7 Å². The van der Waals surface area contributed by atoms with Gasteiger partial charge in [-0.1, -0.05) is 53.6 Å². The predicted molar refractivity (Wildman–Crippen MR) is 130 cm³/mol. The van der Waals surface area contributed by atoms with Gasteiger partial charge in [0, 0.05) is 24.0 Å². The van der Waals surface area contributed by atoms with Crippen LogP contribution in [0.4, 0.5) is 0 Å². The van der Waals surface area contributed by atoms with Gasteiger partial charge < -0.3 is 9.88 Å². The monoisotopic (exact) mass is 425 g/mol. The second-order valence-electron chi connectivity index (χ2n) is 8.46. The van der Waals surface area contributed by atoms with Crippen molar-refractivity contribution in [1.82, 2.24) is 9.88 Å². The summed E-state index contributed by atoms with van der Waals surface area (Å²) < 4.78 is 2.06. The van der Waals surface area contributed by atoms with Gasteiger partial charge in [-0.05, 0) is 61.7 Å². The number of nitrogens with zero attached hydrogens (tertiary/aromatic N) is 1. The molecule has 1 aromatic heterocycles. The van der Waals surface area contributed by atoms with Crippen molar-refractivity contribution in [3.05, 3.63) is 106 Å². The van der Waals surface area contributed by atoms with E-state index in [0.29, 0.717) is 18.8 Å². The molecule has 0 atom stereocenters. The number of amidine groups is 1. The van der Waals surface area contributed by atoms with Gasteiger partial charge in [0.2, 0.25) is 0 Å². The lowest BCUT2D eigenvalue weighted by Gasteiger charge is -2.13. The molecule has 0 aliphatic carbocycles. The summed E-state index contributed by atoms with van der Waals surface area (Å²) in [6.45, 7) is 7.22. The van der Waals surface area contributed by atoms with E-state index in [4.69, 9.17) is 11.1 Å². The standard InChI is InChI=1S/C27H28N4O/c1-17-10-18(2)12-21(11-17)15-30-27(32)25-14-23-19(3)6-4-9-24(23)31(25)16-20-7-5-8-22(13-20)26(28)29/h4-14H,15-16H2,1-3H3,(H3,28,29)(H,30,32)/p+1. The van der Waals surface area contributed by atoms with E-state index in [9.17, 15) is 4.79 Å². The molecule has 5 heteroatoms. The summed E-state index contributed by atoms with van der Waals surface area (Å²) in [6.07, 6.45) is 0. The van der Waals surface area contributed by atoms with E-state index in [1.54, 1.807) is 0 Å². The summed E-state index contributed by atoms with van der Waals surface area (Å²) >= 11 is 0. The Morgan fingerprint density at radius 3 is 2.38 bits per heavy atom. The topological polar surface area (TPSA) is 85.6 Å². The van der Waals surface area contributed by atoms with Crippen LogP contribution in [0.2, 0.25) is 0 Å². The van der Waals surface area contributed by atoms with Gasteiger partial charge in [0.25, 0.3) is 11.7 Å². The summed E-state index contributed by atoms with van der Waals surface area (Å²) in [5, 5.41) is 9.96. The Kier molecular flexibility index (Phi) is 5.82. The molecule has 1 heterocycles. The zero-order valence-corrected chi connectivity index (χ0v) is 18.8. The molecule has 1 amide bonds. The molecule has 32 heavy (non-hydrogen) atoms. The third-order valence-corrected chi connectivity index (χ3v) is 5.73. The number of aryl methyl sites for hydroxylation is 3. The van der Waals surface area contributed by atoms with Crippen molar-refractivity contribution in [3.63, 3.8) is 0 Å². The highest BCUT2D eigenvalue weighted by Gasteiger charge is 2.17. The van der Waals surface area contributed by atoms with Crippen LogP contribution in [0.15, 0.2) is 66.7 Å². The van der Waals surface area contributed by atoms with Crippen molar-refractivity contribution < 1.29 is 10.2 Å². The van der Waals surface area contributed by atoms with Crippen LogP contribution in [0.5, 0.6) is 0 Å². The molecule has 5 N–H and O–H groups in total. The highest BCUT2D eigenvalue weighted by Crippen LogP contribution is 2.25. The number of carbonyl (C=O) groups is 1. The zero-order chi connectivity index (χ0) is 22.8. The molecule has 0 bridgehead atoms. The lowest BCUT2D eigenvalue weighted by Crippen LogP contribution is -2.46. The minimum absolute atomic E-state index is 0.0965. The number of amides is 1. The van der Waals surface area contributed by atoms with Gasteiger partial charge in [-0.3, -0.25) is 15.9 Å². The number of hydrogen-bond donors (Lipinski definition) is 3. The maximum atomic E-state index is 13.3. The van der Waals surface area contributed by atoms with E-state index in [1.165, 1.54) is 11.1 Å². The first-order valence-electron chi connectivity index (χ1n) is 10.7. The van der Waals surface area contributed by atoms with Gasteiger partial charge in [0.15, 0.2) is 0 Å². The molecule has 5 nitrogen and oxygen atoms in total. The molecule has 0 spiro atoms. The maximum Gasteiger partial charge on any atom is 0.270 e. The number of fused-ring (bicyclic) bond motifs is 1. The highest BCUT2D eigenvalue weighted by atomic mass is 16.1. The minimum atomic E-state index is -0.0965. The normalized spacial score (nSPS) is 11.0. The van der Waals surface area contributed by atoms with Crippen molar-refractivity contribution in [2.45, 2.75) is 33.9 Å². The fourth-order valence-electron chi connectivity index (χ4n) is 4.27. The maximum absolute atomic E-state index is 13.3. The van der Waals surface area contributed by atoms with Crippen LogP contribution >= 0.6 is 0 Å². The molecular weight excluding hydrogens is 396 g/mol. The number of nitrogens with one attached hydrogen (secondary N) is 1. The average Bonchev–Trinajstić information content (AvgIpc) is 3.11. The molecule has 3 aromatic carbocycles. The fourth-order valence-corrected chi connectivity index (χ4v) is 4.27. The number of nitrogens with two attached hydrogens (primary N) is 2. The first-order valence-corrected chi connectivity index (χ1v) is 10.7. The van der Waals surface area contributed by atoms with Crippen molar-refractivity contribution in [2.75, 3.05) is 0 Å². The van der Waals surface area contributed by atoms with Gasteiger partial charge >= 0.3 is 0 Å². The molecule has 4 aromatic rings. The van der Waals surface area contributed by atoms with Gasteiger partial charge in [-0.25, -0.2) is 0 Å². The largest absolute Gasteiger partial charge is 0.347 e. The van der Waals surface area contributed by atoms with Crippen LogP contribution in [0.3, 0.4) is 0 Å². The Balaban J connectivity index is 1.69. The molecule has 162 valence electrons. The molecule has 0 radical (unpaired) electrons. The van der Waals surface area contributed by atoms with Crippen molar-refractivity contribution in [2.24, 2.45) is 5.73 Å². The van der Waals surface area contributed by atoms with Crippen LogP contribution in [0.1, 0.15) is 43.9 Å². The van der Waals surface area contributed by atoms with E-state index < -0.39 is 0 Å². The molecule has 0 unspecified atom stereocenters. The van der Waals surface area contributed by atoms with E-state index in [1.807, 2.05) is 36.4 Å². The third kappa shape index (κ3) is 4.42. The van der Waals surface area contributed by atoms with Crippen LogP contribution in [0, 0.1) is 20.8 Å². The van der Waals surface area contributed by atoms with Crippen LogP contribution < -0.4 is 16.5 Å². The Labute approximate surface area is 188 Å². The average molecular weight is 426 g/mol. The molecule has 4 rings (SSSR count). The van der Waals surface area contributed by atoms with Crippen LogP contribution in [0.25, 0.3) is 10.9 Å². The Morgan fingerprint density at radius 1 is 0.938 bits per heavy atom. The fraction of sp³-hybridized carbons (Fsp3) is 0.185. The lowest BCUT2D eigenvalue weighted by atomic mass is 10.1. The second-order valence-corrected chi connectivity index (χ2v) is 8.46. The van der Waals surface area contributed by atoms with Crippen molar-refractivity contribution in [3.8, 4) is 0 Å². The van der Waals surface area contributed by atoms with E-state index >= 15 is 0 Å². The molecular formula is C27H29N4O+. The third-order valence-electron chi connectivity index (χ3n) is 5.73. The zero-order valence-electron chi connectivity index (χ0n) is 18.8. The van der Waals surface area contributed by atoms with E-state index in [2.05, 4.69) is 61.0 Å². The first-order chi connectivity index (χ1) is 15.3. The molecule has 0 aliphatic rings. The minimum Gasteiger partial charge on any atom is -0.347 e. The van der Waals surface area contributed by atoms with Gasteiger partial charge in [-0.15, -0.1) is 0 Å². The summed E-state index contributed by atoms with van der Waals surface area (Å²) in [5.41, 5.74) is 13.9. The Bertz CT molecular complexity index is 1310. The number of hydrogen-bond acceptors (Lipinski definition) is 1.